The average Bonchev–Trinajstić information content (AvgIpc) is 3.37. The van der Waals surface area contributed by atoms with Gasteiger partial charge in [0.1, 0.15) is 5.70 Å². The Hall–Kier alpha value is -3.41. The first-order chi connectivity index (χ1) is 15.0. The molecule has 0 atom stereocenters. The van der Waals surface area contributed by atoms with Gasteiger partial charge in [-0.25, -0.2) is 4.90 Å². The average molecular weight is 445 g/mol. The number of anilines is 2. The number of halogens is 1. The largest absolute Gasteiger partial charge is 0.350 e. The Morgan fingerprint density at radius 1 is 0.903 bits per heavy atom. The van der Waals surface area contributed by atoms with E-state index in [1.54, 1.807) is 12.1 Å². The maximum atomic E-state index is 13.6. The van der Waals surface area contributed by atoms with Gasteiger partial charge in [-0.3, -0.25) is 9.59 Å². The maximum Gasteiger partial charge on any atom is 0.282 e. The molecule has 31 heavy (non-hydrogen) atoms. The van der Waals surface area contributed by atoms with Crippen molar-refractivity contribution in [2.45, 2.75) is 6.92 Å². The Bertz CT molecular complexity index is 1370. The van der Waals surface area contributed by atoms with Crippen molar-refractivity contribution < 1.29 is 9.59 Å². The number of thiophene rings is 1. The van der Waals surface area contributed by atoms with Crippen molar-refractivity contribution >= 4 is 62.5 Å². The molecule has 6 heteroatoms. The summed E-state index contributed by atoms with van der Waals surface area (Å²) in [5, 5.41) is 7.45. The van der Waals surface area contributed by atoms with Crippen LogP contribution in [0.3, 0.4) is 0 Å². The van der Waals surface area contributed by atoms with Crippen LogP contribution in [0.5, 0.6) is 0 Å². The molecule has 1 aliphatic heterocycles. The highest BCUT2D eigenvalue weighted by atomic mass is 35.5. The van der Waals surface area contributed by atoms with Crippen molar-refractivity contribution in [3.8, 4) is 0 Å². The summed E-state index contributed by atoms with van der Waals surface area (Å²) in [7, 11) is 0. The first kappa shape index (κ1) is 19.5. The smallest absolute Gasteiger partial charge is 0.282 e. The monoisotopic (exact) mass is 444 g/mol. The molecule has 0 saturated heterocycles. The van der Waals surface area contributed by atoms with Gasteiger partial charge in [0.05, 0.1) is 11.3 Å². The van der Waals surface area contributed by atoms with Crippen LogP contribution < -0.4 is 10.2 Å². The summed E-state index contributed by atoms with van der Waals surface area (Å²) in [6.45, 7) is 1.91. The zero-order chi connectivity index (χ0) is 21.5. The third kappa shape index (κ3) is 3.32. The number of fused-ring (bicyclic) bond motifs is 1. The summed E-state index contributed by atoms with van der Waals surface area (Å²) in [6.07, 6.45) is 0. The van der Waals surface area contributed by atoms with Gasteiger partial charge in [-0.05, 0) is 47.5 Å². The highest BCUT2D eigenvalue weighted by Crippen LogP contribution is 2.38. The van der Waals surface area contributed by atoms with Crippen LogP contribution in [0.25, 0.3) is 16.3 Å². The Morgan fingerprint density at radius 3 is 2.48 bits per heavy atom. The van der Waals surface area contributed by atoms with Gasteiger partial charge >= 0.3 is 0 Å². The molecule has 0 radical (unpaired) electrons. The fourth-order valence-corrected chi connectivity index (χ4v) is 4.68. The quantitative estimate of drug-likeness (QED) is 0.378. The zero-order valence-electron chi connectivity index (χ0n) is 16.6. The lowest BCUT2D eigenvalue weighted by Crippen LogP contribution is -2.32. The summed E-state index contributed by atoms with van der Waals surface area (Å²) in [5.74, 6) is -0.731. The van der Waals surface area contributed by atoms with Crippen LogP contribution in [-0.2, 0) is 9.59 Å². The first-order valence-electron chi connectivity index (χ1n) is 9.72. The lowest BCUT2D eigenvalue weighted by Gasteiger charge is -2.17. The van der Waals surface area contributed by atoms with Crippen molar-refractivity contribution in [1.29, 1.82) is 0 Å². The van der Waals surface area contributed by atoms with Crippen molar-refractivity contribution in [1.82, 2.24) is 0 Å². The fraction of sp³-hybridized carbons (Fsp3) is 0.0400. The number of hydrogen-bond acceptors (Lipinski definition) is 4. The Balaban J connectivity index is 1.64. The van der Waals surface area contributed by atoms with E-state index in [1.165, 1.54) is 16.2 Å². The van der Waals surface area contributed by atoms with Gasteiger partial charge in [-0.2, -0.15) is 0 Å². The predicted octanol–water partition coefficient (Wildman–Crippen LogP) is 6.26. The summed E-state index contributed by atoms with van der Waals surface area (Å²) in [6, 6.07) is 22.5. The number of carbonyl (C=O) groups excluding carboxylic acids is 2. The minimum atomic E-state index is -0.388. The molecule has 1 aromatic heterocycles. The molecule has 0 spiro atoms. The third-order valence-electron chi connectivity index (χ3n) is 5.30. The van der Waals surface area contributed by atoms with E-state index in [0.29, 0.717) is 22.0 Å². The van der Waals surface area contributed by atoms with E-state index in [-0.39, 0.29) is 17.5 Å². The van der Waals surface area contributed by atoms with Gasteiger partial charge in [0.25, 0.3) is 11.8 Å². The van der Waals surface area contributed by atoms with Gasteiger partial charge in [0.15, 0.2) is 0 Å². The van der Waals surface area contributed by atoms with E-state index in [4.69, 9.17) is 11.6 Å². The zero-order valence-corrected chi connectivity index (χ0v) is 18.1. The summed E-state index contributed by atoms with van der Waals surface area (Å²) in [4.78, 5) is 29.1. The lowest BCUT2D eigenvalue weighted by atomic mass is 10.1. The van der Waals surface area contributed by atoms with E-state index in [1.807, 2.05) is 73.0 Å². The van der Waals surface area contributed by atoms with Gasteiger partial charge in [0.2, 0.25) is 0 Å². The lowest BCUT2D eigenvalue weighted by molar-refractivity contribution is -0.120. The van der Waals surface area contributed by atoms with E-state index in [9.17, 15) is 9.59 Å². The number of carbonyl (C=O) groups is 2. The topological polar surface area (TPSA) is 49.4 Å². The molecule has 0 bridgehead atoms. The number of hydrogen-bond donors (Lipinski definition) is 1. The van der Waals surface area contributed by atoms with Crippen LogP contribution in [0.15, 0.2) is 83.9 Å². The van der Waals surface area contributed by atoms with E-state index in [2.05, 4.69) is 5.32 Å². The second kappa shape index (κ2) is 7.69. The second-order valence-corrected chi connectivity index (χ2v) is 8.62. The molecule has 0 saturated carbocycles. The normalized spacial score (nSPS) is 14.1. The molecule has 4 nitrogen and oxygen atoms in total. The summed E-state index contributed by atoms with van der Waals surface area (Å²) >= 11 is 7.70. The second-order valence-electron chi connectivity index (χ2n) is 7.26. The third-order valence-corrected chi connectivity index (χ3v) is 6.59. The van der Waals surface area contributed by atoms with Crippen molar-refractivity contribution in [3.05, 3.63) is 99.3 Å². The van der Waals surface area contributed by atoms with Crippen LogP contribution in [0.4, 0.5) is 11.4 Å². The van der Waals surface area contributed by atoms with Crippen molar-refractivity contribution in [2.24, 2.45) is 0 Å². The summed E-state index contributed by atoms with van der Waals surface area (Å²) in [5.41, 5.74) is 2.78. The number of imide groups is 1. The maximum absolute atomic E-state index is 13.6. The number of amides is 2. The molecule has 1 aliphatic rings. The number of nitrogens with zero attached hydrogens (tertiary/aromatic N) is 1. The van der Waals surface area contributed by atoms with Crippen LogP contribution in [0.2, 0.25) is 5.02 Å². The fourth-order valence-electron chi connectivity index (χ4n) is 3.73. The Labute approximate surface area is 188 Å². The molecule has 1 N–H and O–H groups in total. The number of benzene rings is 3. The predicted molar refractivity (Wildman–Crippen MR) is 127 cm³/mol. The van der Waals surface area contributed by atoms with Crippen LogP contribution >= 0.6 is 22.9 Å². The highest BCUT2D eigenvalue weighted by Gasteiger charge is 2.41. The van der Waals surface area contributed by atoms with Crippen LogP contribution in [0, 0.1) is 6.92 Å². The van der Waals surface area contributed by atoms with Crippen molar-refractivity contribution in [3.63, 3.8) is 0 Å². The van der Waals surface area contributed by atoms with Crippen LogP contribution in [0.1, 0.15) is 10.4 Å². The van der Waals surface area contributed by atoms with E-state index < -0.39 is 0 Å². The SMILES string of the molecule is Cc1ccc(NC2=C(c3cccs3)C(=O)N(c3cccc4ccccc34)C2=O)cc1Cl. The molecule has 0 aliphatic carbocycles. The molecule has 3 aromatic carbocycles. The van der Waals surface area contributed by atoms with Gasteiger partial charge in [0, 0.05) is 21.0 Å². The first-order valence-corrected chi connectivity index (χ1v) is 11.0. The van der Waals surface area contributed by atoms with Gasteiger partial charge in [-0.15, -0.1) is 11.3 Å². The molecule has 4 aromatic rings. The standard InChI is InChI=1S/C25H17ClN2O2S/c1-15-11-12-17(14-19(15)26)27-23-22(21-10-5-13-31-21)24(29)28(25(23)30)20-9-4-7-16-6-2-3-8-18(16)20/h2-14,27H,1H3. The molecule has 5 rings (SSSR count). The van der Waals surface area contributed by atoms with E-state index >= 15 is 0 Å². The number of aryl methyl sites for hydroxylation is 1. The molecule has 0 unspecified atom stereocenters. The molecule has 0 fully saturated rings. The molecular weight excluding hydrogens is 428 g/mol. The number of nitrogens with one attached hydrogen (secondary N) is 1. The minimum absolute atomic E-state index is 0.250. The molecular formula is C25H17ClN2O2S. The number of rotatable bonds is 4. The molecule has 2 heterocycles. The molecule has 152 valence electrons. The Morgan fingerprint density at radius 2 is 1.71 bits per heavy atom. The van der Waals surface area contributed by atoms with E-state index in [0.717, 1.165) is 21.2 Å². The summed E-state index contributed by atoms with van der Waals surface area (Å²) < 4.78 is 0. The van der Waals surface area contributed by atoms with Crippen molar-refractivity contribution in [2.75, 3.05) is 10.2 Å². The van der Waals surface area contributed by atoms with Gasteiger partial charge in [-0.1, -0.05) is 60.1 Å². The highest BCUT2D eigenvalue weighted by molar-refractivity contribution is 7.11. The molecule has 2 amide bonds. The van der Waals surface area contributed by atoms with Crippen LogP contribution in [-0.4, -0.2) is 11.8 Å². The minimum Gasteiger partial charge on any atom is -0.350 e. The Kier molecular flexibility index (Phi) is 4.85. The van der Waals surface area contributed by atoms with Gasteiger partial charge < -0.3 is 5.32 Å².